The second-order valence-electron chi connectivity index (χ2n) is 4.77. The monoisotopic (exact) mass is 327 g/mol. The Labute approximate surface area is 137 Å². The van der Waals surface area contributed by atoms with Crippen LogP contribution in [0.4, 0.5) is 0 Å². The van der Waals surface area contributed by atoms with Crippen molar-refractivity contribution in [3.63, 3.8) is 0 Å². The van der Waals surface area contributed by atoms with E-state index in [1.807, 2.05) is 30.5 Å². The molecule has 0 radical (unpaired) electrons. The highest BCUT2D eigenvalue weighted by Gasteiger charge is 2.29. The van der Waals surface area contributed by atoms with Gasteiger partial charge in [-0.2, -0.15) is 0 Å². The SMILES string of the molecule is Cl.Cl.c1ccc([C@@H]2CNC[C@H]2COc2ccncc2)nc1. The number of pyridine rings is 2. The number of halogens is 2. The molecule has 3 heterocycles. The molecule has 0 aliphatic carbocycles. The number of rotatable bonds is 4. The molecule has 21 heavy (non-hydrogen) atoms. The number of hydrogen-bond acceptors (Lipinski definition) is 4. The molecule has 0 bridgehead atoms. The van der Waals surface area contributed by atoms with Crippen molar-refractivity contribution in [2.24, 2.45) is 5.92 Å². The lowest BCUT2D eigenvalue weighted by atomic mass is 9.93. The third-order valence-electron chi connectivity index (χ3n) is 3.52. The second-order valence-corrected chi connectivity index (χ2v) is 4.77. The molecule has 0 unspecified atom stereocenters. The summed E-state index contributed by atoms with van der Waals surface area (Å²) >= 11 is 0. The predicted octanol–water partition coefficient (Wildman–Crippen LogP) is 2.70. The third kappa shape index (κ3) is 4.56. The number of nitrogens with zero attached hydrogens (tertiary/aromatic N) is 2. The van der Waals surface area contributed by atoms with Gasteiger partial charge < -0.3 is 10.1 Å². The smallest absolute Gasteiger partial charge is 0.122 e. The Balaban J connectivity index is 0.00000110. The van der Waals surface area contributed by atoms with E-state index in [4.69, 9.17) is 4.74 Å². The van der Waals surface area contributed by atoms with Crippen LogP contribution in [0.2, 0.25) is 0 Å². The summed E-state index contributed by atoms with van der Waals surface area (Å²) < 4.78 is 5.83. The molecule has 0 amide bonds. The Morgan fingerprint density at radius 3 is 2.57 bits per heavy atom. The molecular weight excluding hydrogens is 309 g/mol. The van der Waals surface area contributed by atoms with Crippen molar-refractivity contribution in [3.8, 4) is 5.75 Å². The van der Waals surface area contributed by atoms with E-state index in [2.05, 4.69) is 21.4 Å². The molecule has 1 aliphatic heterocycles. The van der Waals surface area contributed by atoms with E-state index >= 15 is 0 Å². The molecule has 2 aromatic heterocycles. The van der Waals surface area contributed by atoms with Crippen molar-refractivity contribution in [2.75, 3.05) is 19.7 Å². The largest absolute Gasteiger partial charge is 0.493 e. The summed E-state index contributed by atoms with van der Waals surface area (Å²) in [7, 11) is 0. The highest BCUT2D eigenvalue weighted by Crippen LogP contribution is 2.27. The van der Waals surface area contributed by atoms with Crippen molar-refractivity contribution in [1.29, 1.82) is 0 Å². The zero-order chi connectivity index (χ0) is 12.9. The van der Waals surface area contributed by atoms with Gasteiger partial charge in [0.05, 0.1) is 6.61 Å². The lowest BCUT2D eigenvalue weighted by Gasteiger charge is -2.18. The summed E-state index contributed by atoms with van der Waals surface area (Å²) in [5.41, 5.74) is 1.15. The van der Waals surface area contributed by atoms with Gasteiger partial charge in [0.25, 0.3) is 0 Å². The van der Waals surface area contributed by atoms with Gasteiger partial charge in [0.1, 0.15) is 5.75 Å². The van der Waals surface area contributed by atoms with Crippen LogP contribution < -0.4 is 10.1 Å². The quantitative estimate of drug-likeness (QED) is 0.937. The van der Waals surface area contributed by atoms with Gasteiger partial charge in [0, 0.05) is 49.2 Å². The van der Waals surface area contributed by atoms with Gasteiger partial charge in [-0.05, 0) is 24.3 Å². The zero-order valence-electron chi connectivity index (χ0n) is 11.5. The molecule has 114 valence electrons. The van der Waals surface area contributed by atoms with E-state index in [1.165, 1.54) is 0 Å². The molecule has 6 heteroatoms. The van der Waals surface area contributed by atoms with Gasteiger partial charge in [-0.3, -0.25) is 9.97 Å². The van der Waals surface area contributed by atoms with Crippen LogP contribution in [-0.2, 0) is 0 Å². The van der Waals surface area contributed by atoms with Gasteiger partial charge in [-0.1, -0.05) is 6.07 Å². The van der Waals surface area contributed by atoms with Crippen LogP contribution >= 0.6 is 24.8 Å². The number of nitrogens with one attached hydrogen (secondary N) is 1. The summed E-state index contributed by atoms with van der Waals surface area (Å²) in [4.78, 5) is 8.45. The Kier molecular flexibility index (Phi) is 7.43. The van der Waals surface area contributed by atoms with Crippen LogP contribution in [0.3, 0.4) is 0 Å². The Bertz CT molecular complexity index is 513. The van der Waals surface area contributed by atoms with Crippen molar-refractivity contribution in [2.45, 2.75) is 5.92 Å². The van der Waals surface area contributed by atoms with Crippen molar-refractivity contribution < 1.29 is 4.74 Å². The molecule has 1 fully saturated rings. The molecule has 1 saturated heterocycles. The summed E-state index contributed by atoms with van der Waals surface area (Å²) in [6.45, 7) is 2.66. The number of ether oxygens (including phenoxy) is 1. The molecule has 0 spiro atoms. The Hall–Kier alpha value is -1.36. The van der Waals surface area contributed by atoms with E-state index in [0.29, 0.717) is 18.4 Å². The fourth-order valence-corrected chi connectivity index (χ4v) is 2.49. The minimum atomic E-state index is 0. The summed E-state index contributed by atoms with van der Waals surface area (Å²) in [5.74, 6) is 1.77. The van der Waals surface area contributed by atoms with Gasteiger partial charge >= 0.3 is 0 Å². The van der Waals surface area contributed by atoms with E-state index in [0.717, 1.165) is 24.5 Å². The average Bonchev–Trinajstić information content (AvgIpc) is 2.95. The first-order valence-corrected chi connectivity index (χ1v) is 6.58. The molecule has 0 saturated carbocycles. The van der Waals surface area contributed by atoms with E-state index in [9.17, 15) is 0 Å². The molecule has 1 N–H and O–H groups in total. The predicted molar refractivity (Wildman–Crippen MR) is 87.6 cm³/mol. The fourth-order valence-electron chi connectivity index (χ4n) is 2.49. The lowest BCUT2D eigenvalue weighted by Crippen LogP contribution is -2.20. The second kappa shape index (κ2) is 8.82. The molecular formula is C15H19Cl2N3O. The highest BCUT2D eigenvalue weighted by atomic mass is 35.5. The van der Waals surface area contributed by atoms with Crippen LogP contribution in [0.15, 0.2) is 48.9 Å². The minimum Gasteiger partial charge on any atom is -0.493 e. The van der Waals surface area contributed by atoms with E-state index < -0.39 is 0 Å². The molecule has 1 aliphatic rings. The van der Waals surface area contributed by atoms with Crippen molar-refractivity contribution >= 4 is 24.8 Å². The molecule has 4 nitrogen and oxygen atoms in total. The summed E-state index contributed by atoms with van der Waals surface area (Å²) in [6, 6.07) is 9.86. The number of hydrogen-bond donors (Lipinski definition) is 1. The average molecular weight is 328 g/mol. The van der Waals surface area contributed by atoms with E-state index in [-0.39, 0.29) is 24.8 Å². The van der Waals surface area contributed by atoms with Gasteiger partial charge in [-0.15, -0.1) is 24.8 Å². The van der Waals surface area contributed by atoms with Crippen LogP contribution in [0.25, 0.3) is 0 Å². The van der Waals surface area contributed by atoms with Crippen LogP contribution in [0.5, 0.6) is 5.75 Å². The van der Waals surface area contributed by atoms with E-state index in [1.54, 1.807) is 12.4 Å². The summed E-state index contributed by atoms with van der Waals surface area (Å²) in [6.07, 6.45) is 5.35. The summed E-state index contributed by atoms with van der Waals surface area (Å²) in [5, 5.41) is 3.42. The third-order valence-corrected chi connectivity index (χ3v) is 3.52. The topological polar surface area (TPSA) is 47.0 Å². The zero-order valence-corrected chi connectivity index (χ0v) is 13.1. The van der Waals surface area contributed by atoms with Crippen molar-refractivity contribution in [1.82, 2.24) is 15.3 Å². The maximum atomic E-state index is 5.83. The van der Waals surface area contributed by atoms with Gasteiger partial charge in [0.15, 0.2) is 0 Å². The molecule has 0 aromatic carbocycles. The minimum absolute atomic E-state index is 0. The first kappa shape index (κ1) is 17.7. The normalized spacial score (nSPS) is 20.2. The molecule has 2 atom stereocenters. The molecule has 3 rings (SSSR count). The first-order chi connectivity index (χ1) is 9.43. The van der Waals surface area contributed by atoms with Crippen LogP contribution in [-0.4, -0.2) is 29.7 Å². The highest BCUT2D eigenvalue weighted by molar-refractivity contribution is 5.85. The van der Waals surface area contributed by atoms with Crippen LogP contribution in [0, 0.1) is 5.92 Å². The fraction of sp³-hybridized carbons (Fsp3) is 0.333. The molecule has 2 aromatic rings. The van der Waals surface area contributed by atoms with Crippen molar-refractivity contribution in [3.05, 3.63) is 54.6 Å². The first-order valence-electron chi connectivity index (χ1n) is 6.58. The van der Waals surface area contributed by atoms with Crippen LogP contribution in [0.1, 0.15) is 11.6 Å². The van der Waals surface area contributed by atoms with Gasteiger partial charge in [0.2, 0.25) is 0 Å². The van der Waals surface area contributed by atoms with Gasteiger partial charge in [-0.25, -0.2) is 0 Å². The Morgan fingerprint density at radius 1 is 1.05 bits per heavy atom. The Morgan fingerprint density at radius 2 is 1.86 bits per heavy atom. The lowest BCUT2D eigenvalue weighted by molar-refractivity contribution is 0.247. The maximum absolute atomic E-state index is 5.83. The standard InChI is InChI=1S/C15H17N3O.2ClH/c1-2-6-18-15(3-1)14-10-17-9-12(14)11-19-13-4-7-16-8-5-13;;/h1-8,12,14,17H,9-11H2;2*1H/t12-,14+;;/m0../s1. The number of aromatic nitrogens is 2. The maximum Gasteiger partial charge on any atom is 0.122 e.